The molecule has 0 bridgehead atoms. The first-order valence-electron chi connectivity index (χ1n) is 6.54. The van der Waals surface area contributed by atoms with Crippen LogP contribution < -0.4 is 0 Å². The Labute approximate surface area is 130 Å². The summed E-state index contributed by atoms with van der Waals surface area (Å²) < 4.78 is 1.00. The Hall–Kier alpha value is -1.06. The smallest absolute Gasteiger partial charge is 0.163 e. The van der Waals surface area contributed by atoms with Crippen molar-refractivity contribution in [2.45, 2.75) is 11.3 Å². The fourth-order valence-corrected chi connectivity index (χ4v) is 4.12. The predicted molar refractivity (Wildman–Crippen MR) is 92.1 cm³/mol. The van der Waals surface area contributed by atoms with Gasteiger partial charge in [0.05, 0.1) is 0 Å². The van der Waals surface area contributed by atoms with Crippen LogP contribution in [0.1, 0.15) is 16.8 Å². The van der Waals surface area contributed by atoms with Crippen LogP contribution in [0.2, 0.25) is 0 Å². The molecule has 0 aliphatic carbocycles. The molecule has 0 saturated heterocycles. The van der Waals surface area contributed by atoms with Crippen molar-refractivity contribution in [2.75, 3.05) is 18.3 Å². The maximum Gasteiger partial charge on any atom is 0.163 e. The van der Waals surface area contributed by atoms with E-state index in [-0.39, 0.29) is 5.78 Å². The number of Topliss-reactive ketones (excluding diaryl/α,β-unsaturated/α-hetero) is 1. The lowest BCUT2D eigenvalue weighted by molar-refractivity contribution is 0.0989. The number of carbonyl (C=O) groups is 1. The summed E-state index contributed by atoms with van der Waals surface area (Å²) in [4.78, 5) is 13.6. The molecule has 20 heavy (non-hydrogen) atoms. The number of hydrogen-bond acceptors (Lipinski definition) is 1. The second-order valence-corrected chi connectivity index (χ2v) is 10.1. The summed E-state index contributed by atoms with van der Waals surface area (Å²) in [5, 5.41) is 0. The summed E-state index contributed by atoms with van der Waals surface area (Å²) in [6, 6.07) is 18.1. The summed E-state index contributed by atoms with van der Waals surface area (Å²) in [6.45, 7) is 0. The van der Waals surface area contributed by atoms with E-state index in [4.69, 9.17) is 0 Å². The van der Waals surface area contributed by atoms with Gasteiger partial charge in [-0.25, -0.2) is 10.0 Å². The molecular weight excluding hydrogens is 332 g/mol. The molecule has 1 nitrogen and oxygen atoms in total. The van der Waals surface area contributed by atoms with E-state index in [9.17, 15) is 4.79 Å². The van der Waals surface area contributed by atoms with E-state index >= 15 is 0 Å². The van der Waals surface area contributed by atoms with Crippen LogP contribution in [0.3, 0.4) is 0 Å². The van der Waals surface area contributed by atoms with E-state index in [0.717, 1.165) is 15.8 Å². The quantitative estimate of drug-likeness (QED) is 0.681. The fraction of sp³-hybridized carbons (Fsp3) is 0.235. The average molecular weight is 351 g/mol. The van der Waals surface area contributed by atoms with Crippen LogP contribution in [-0.2, 0) is 0 Å². The zero-order chi connectivity index (χ0) is 14.6. The van der Waals surface area contributed by atoms with Gasteiger partial charge in [0.2, 0.25) is 0 Å². The van der Waals surface area contributed by atoms with E-state index < -0.39 is 10.0 Å². The van der Waals surface area contributed by atoms with Crippen LogP contribution in [0.5, 0.6) is 0 Å². The van der Waals surface area contributed by atoms with Crippen LogP contribution in [0.15, 0.2) is 64.0 Å². The van der Waals surface area contributed by atoms with E-state index in [1.54, 1.807) is 0 Å². The molecule has 0 aliphatic heterocycles. The molecule has 0 spiro atoms. The Morgan fingerprint density at radius 2 is 1.60 bits per heavy atom. The molecule has 0 unspecified atom stereocenters. The first kappa shape index (κ1) is 15.3. The van der Waals surface area contributed by atoms with Gasteiger partial charge in [0, 0.05) is 16.5 Å². The number of halogens is 1. The van der Waals surface area contributed by atoms with Crippen LogP contribution in [0.25, 0.3) is 0 Å². The molecule has 0 atom stereocenters. The Kier molecular flexibility index (Phi) is 5.06. The maximum atomic E-state index is 12.2. The molecule has 0 fully saturated rings. The van der Waals surface area contributed by atoms with Crippen LogP contribution in [0.4, 0.5) is 0 Å². The van der Waals surface area contributed by atoms with E-state index in [1.807, 2.05) is 30.3 Å². The molecule has 0 radical (unpaired) electrons. The van der Waals surface area contributed by atoms with Crippen molar-refractivity contribution in [3.05, 3.63) is 64.6 Å². The average Bonchev–Trinajstić information content (AvgIpc) is 2.46. The lowest BCUT2D eigenvalue weighted by Gasteiger charge is -2.31. The summed E-state index contributed by atoms with van der Waals surface area (Å²) >= 11 is 3.39. The third kappa shape index (κ3) is 3.97. The summed E-state index contributed by atoms with van der Waals surface area (Å²) in [6.07, 6.45) is 5.16. The van der Waals surface area contributed by atoms with Gasteiger partial charge in [-0.15, -0.1) is 0 Å². The van der Waals surface area contributed by atoms with Crippen molar-refractivity contribution < 1.29 is 4.79 Å². The number of rotatable bonds is 5. The highest BCUT2D eigenvalue weighted by atomic mass is 79.9. The van der Waals surface area contributed by atoms with Gasteiger partial charge in [0.1, 0.15) is 0 Å². The first-order valence-corrected chi connectivity index (χ1v) is 9.95. The zero-order valence-electron chi connectivity index (χ0n) is 11.8. The van der Waals surface area contributed by atoms with Gasteiger partial charge in [-0.2, -0.15) is 0 Å². The van der Waals surface area contributed by atoms with Gasteiger partial charge in [0.25, 0.3) is 0 Å². The van der Waals surface area contributed by atoms with E-state index in [1.165, 1.54) is 4.90 Å². The van der Waals surface area contributed by atoms with Crippen molar-refractivity contribution in [1.82, 2.24) is 0 Å². The lowest BCUT2D eigenvalue weighted by atomic mass is 10.1. The largest absolute Gasteiger partial charge is 0.294 e. The SMILES string of the molecule is CS(C)(CCC(=O)c1ccc(Br)cc1)c1ccccc1. The second kappa shape index (κ2) is 6.59. The van der Waals surface area contributed by atoms with Crippen LogP contribution in [0, 0.1) is 0 Å². The molecule has 0 amide bonds. The highest BCUT2D eigenvalue weighted by Gasteiger charge is 2.16. The van der Waals surface area contributed by atoms with Gasteiger partial charge in [-0.05, 0) is 35.3 Å². The number of ketones is 1. The standard InChI is InChI=1S/C17H19BrOS/c1-20(2,16-6-4-3-5-7-16)13-12-17(19)14-8-10-15(18)11-9-14/h3-11H,12-13H2,1-2H3. The van der Waals surface area contributed by atoms with Crippen molar-refractivity contribution in [2.24, 2.45) is 0 Å². The zero-order valence-corrected chi connectivity index (χ0v) is 14.2. The number of hydrogen-bond donors (Lipinski definition) is 0. The first-order chi connectivity index (χ1) is 9.49. The molecule has 0 heterocycles. The number of carbonyl (C=O) groups excluding carboxylic acids is 1. The summed E-state index contributed by atoms with van der Waals surface area (Å²) in [5.74, 6) is 1.17. The number of benzene rings is 2. The Bertz CT molecular complexity index is 576. The molecular formula is C17H19BrOS. The molecule has 2 rings (SSSR count). The molecule has 0 aliphatic rings. The Morgan fingerprint density at radius 1 is 1.00 bits per heavy atom. The van der Waals surface area contributed by atoms with Crippen molar-refractivity contribution in [3.8, 4) is 0 Å². The maximum absolute atomic E-state index is 12.2. The minimum absolute atomic E-state index is 0.231. The predicted octanol–water partition coefficient (Wildman–Crippen LogP) is 5.15. The molecule has 0 N–H and O–H groups in total. The fourth-order valence-electron chi connectivity index (χ4n) is 2.03. The molecule has 0 saturated carbocycles. The van der Waals surface area contributed by atoms with Gasteiger partial charge in [0.15, 0.2) is 5.78 Å². The third-order valence-electron chi connectivity index (χ3n) is 3.39. The minimum Gasteiger partial charge on any atom is -0.294 e. The second-order valence-electron chi connectivity index (χ2n) is 5.24. The molecule has 2 aromatic rings. The van der Waals surface area contributed by atoms with E-state index in [0.29, 0.717) is 6.42 Å². The van der Waals surface area contributed by atoms with Crippen LogP contribution >= 0.6 is 26.0 Å². The van der Waals surface area contributed by atoms with E-state index in [2.05, 4.69) is 52.7 Å². The summed E-state index contributed by atoms with van der Waals surface area (Å²) in [5.41, 5.74) is 0.802. The molecule has 3 heteroatoms. The summed E-state index contributed by atoms with van der Waals surface area (Å²) in [7, 11) is -0.902. The lowest BCUT2D eigenvalue weighted by Crippen LogP contribution is -2.08. The molecule has 106 valence electrons. The minimum atomic E-state index is -0.902. The van der Waals surface area contributed by atoms with Crippen molar-refractivity contribution in [1.29, 1.82) is 0 Å². The van der Waals surface area contributed by atoms with Crippen LogP contribution in [-0.4, -0.2) is 24.0 Å². The molecule has 0 aromatic heterocycles. The highest BCUT2D eigenvalue weighted by molar-refractivity contribution is 9.10. The van der Waals surface area contributed by atoms with Gasteiger partial charge < -0.3 is 0 Å². The third-order valence-corrected chi connectivity index (χ3v) is 6.69. The molecule has 2 aromatic carbocycles. The Morgan fingerprint density at radius 3 is 2.20 bits per heavy atom. The van der Waals surface area contributed by atoms with Gasteiger partial charge in [-0.3, -0.25) is 4.79 Å². The normalized spacial score (nSPS) is 12.2. The van der Waals surface area contributed by atoms with Crippen molar-refractivity contribution in [3.63, 3.8) is 0 Å². The monoisotopic (exact) mass is 350 g/mol. The van der Waals surface area contributed by atoms with Gasteiger partial charge >= 0.3 is 0 Å². The Balaban J connectivity index is 2.01. The van der Waals surface area contributed by atoms with Gasteiger partial charge in [-0.1, -0.05) is 58.4 Å². The van der Waals surface area contributed by atoms with Crippen molar-refractivity contribution >= 4 is 31.7 Å². The highest BCUT2D eigenvalue weighted by Crippen LogP contribution is 2.49. The topological polar surface area (TPSA) is 17.1 Å².